The molecule has 0 amide bonds. The summed E-state index contributed by atoms with van der Waals surface area (Å²) in [6, 6.07) is 4.54. The second kappa shape index (κ2) is 10.2. The van der Waals surface area contributed by atoms with E-state index in [0.717, 1.165) is 18.6 Å². The van der Waals surface area contributed by atoms with Gasteiger partial charge in [-0.15, -0.1) is 0 Å². The zero-order chi connectivity index (χ0) is 25.0. The van der Waals surface area contributed by atoms with Gasteiger partial charge in [0.1, 0.15) is 25.2 Å². The van der Waals surface area contributed by atoms with Crippen molar-refractivity contribution in [3.63, 3.8) is 0 Å². The fourth-order valence-corrected chi connectivity index (χ4v) is 3.81. The number of aromatic nitrogens is 4. The minimum absolute atomic E-state index is 0.0158. The van der Waals surface area contributed by atoms with Crippen LogP contribution in [-0.2, 0) is 28.7 Å². The number of benzene rings is 1. The lowest BCUT2D eigenvalue weighted by Gasteiger charge is -2.26. The number of nitrogens with zero attached hydrogens (tertiary/aromatic N) is 5. The summed E-state index contributed by atoms with van der Waals surface area (Å²) in [5.74, 6) is -1.22. The largest absolute Gasteiger partial charge is 0.470 e. The van der Waals surface area contributed by atoms with E-state index in [1.807, 2.05) is 0 Å². The summed E-state index contributed by atoms with van der Waals surface area (Å²) in [5, 5.41) is 0. The molecule has 0 spiro atoms. The van der Waals surface area contributed by atoms with Crippen LogP contribution in [-0.4, -0.2) is 39.6 Å². The molecule has 1 saturated heterocycles. The molecule has 1 aliphatic rings. The number of alkyl halides is 3. The fraction of sp³-hybridized carbons (Fsp3) is 0.348. The second-order valence-corrected chi connectivity index (χ2v) is 7.84. The molecule has 0 radical (unpaired) electrons. The van der Waals surface area contributed by atoms with Gasteiger partial charge in [-0.2, -0.15) is 22.5 Å². The van der Waals surface area contributed by atoms with Crippen LogP contribution in [0.15, 0.2) is 43.0 Å². The summed E-state index contributed by atoms with van der Waals surface area (Å²) < 4.78 is 64.0. The van der Waals surface area contributed by atoms with Crippen molar-refractivity contribution in [3.05, 3.63) is 71.3 Å². The molecular weight excluding hydrogens is 470 g/mol. The summed E-state index contributed by atoms with van der Waals surface area (Å²) in [5.41, 5.74) is 0.430. The summed E-state index contributed by atoms with van der Waals surface area (Å²) in [7, 11) is 1.27. The molecule has 3 aromatic rings. The monoisotopic (exact) mass is 491 g/mol. The Hall–Kier alpha value is -3.83. The van der Waals surface area contributed by atoms with Crippen LogP contribution in [0.1, 0.15) is 41.4 Å². The molecule has 0 bridgehead atoms. The average Bonchev–Trinajstić information content (AvgIpc) is 3.33. The highest BCUT2D eigenvalue weighted by Gasteiger charge is 2.33. The SMILES string of the molecule is COC(=O)Cc1ncc(COc2ncnc(N3CCCC3c3ccc(C(F)(F)F)cc3)c2F)cn1. The first-order valence-corrected chi connectivity index (χ1v) is 10.7. The van der Waals surface area contributed by atoms with Gasteiger partial charge in [0.15, 0.2) is 5.82 Å². The molecule has 1 aromatic carbocycles. The fourth-order valence-electron chi connectivity index (χ4n) is 3.81. The topological polar surface area (TPSA) is 90.3 Å². The Kier molecular flexibility index (Phi) is 7.08. The predicted octanol–water partition coefficient (Wildman–Crippen LogP) is 4.06. The van der Waals surface area contributed by atoms with Gasteiger partial charge in [-0.3, -0.25) is 4.79 Å². The summed E-state index contributed by atoms with van der Waals surface area (Å²) in [4.78, 5) is 29.0. The number of hydrogen-bond donors (Lipinski definition) is 0. The summed E-state index contributed by atoms with van der Waals surface area (Å²) in [6.45, 7) is 0.406. The van der Waals surface area contributed by atoms with Gasteiger partial charge in [-0.25, -0.2) is 15.0 Å². The van der Waals surface area contributed by atoms with Crippen LogP contribution in [0.3, 0.4) is 0 Å². The zero-order valence-electron chi connectivity index (χ0n) is 18.6. The molecule has 12 heteroatoms. The minimum atomic E-state index is -4.42. The van der Waals surface area contributed by atoms with E-state index in [9.17, 15) is 18.0 Å². The van der Waals surface area contributed by atoms with E-state index < -0.39 is 23.5 Å². The van der Waals surface area contributed by atoms with Crippen molar-refractivity contribution in [1.29, 1.82) is 0 Å². The van der Waals surface area contributed by atoms with E-state index in [1.165, 1.54) is 38.0 Å². The first kappa shape index (κ1) is 24.3. The van der Waals surface area contributed by atoms with E-state index in [-0.39, 0.29) is 36.6 Å². The summed E-state index contributed by atoms with van der Waals surface area (Å²) in [6.07, 6.45) is 0.939. The van der Waals surface area contributed by atoms with Crippen molar-refractivity contribution in [2.24, 2.45) is 0 Å². The molecule has 2 aromatic heterocycles. The van der Waals surface area contributed by atoms with Gasteiger partial charge in [0.05, 0.1) is 18.7 Å². The van der Waals surface area contributed by atoms with Gasteiger partial charge < -0.3 is 14.4 Å². The molecular formula is C23H21F4N5O3. The maximum absolute atomic E-state index is 15.3. The predicted molar refractivity (Wildman–Crippen MR) is 115 cm³/mol. The van der Waals surface area contributed by atoms with Crippen LogP contribution in [0.4, 0.5) is 23.4 Å². The molecule has 0 saturated carbocycles. The molecule has 184 valence electrons. The Morgan fingerprint density at radius 3 is 2.49 bits per heavy atom. The van der Waals surface area contributed by atoms with E-state index in [4.69, 9.17) is 4.74 Å². The highest BCUT2D eigenvalue weighted by Crippen LogP contribution is 2.38. The third kappa shape index (κ3) is 5.64. The van der Waals surface area contributed by atoms with E-state index >= 15 is 4.39 Å². The molecule has 3 heterocycles. The maximum Gasteiger partial charge on any atom is 0.416 e. The Morgan fingerprint density at radius 1 is 1.11 bits per heavy atom. The molecule has 1 atom stereocenters. The Labute approximate surface area is 198 Å². The number of carbonyl (C=O) groups excluding carboxylic acids is 1. The second-order valence-electron chi connectivity index (χ2n) is 7.84. The normalized spacial score (nSPS) is 15.8. The lowest BCUT2D eigenvalue weighted by atomic mass is 10.0. The summed E-state index contributed by atoms with van der Waals surface area (Å²) >= 11 is 0. The van der Waals surface area contributed by atoms with Crippen molar-refractivity contribution in [3.8, 4) is 5.88 Å². The quantitative estimate of drug-likeness (QED) is 0.361. The number of methoxy groups -OCH3 is 1. The number of hydrogen-bond acceptors (Lipinski definition) is 8. The van der Waals surface area contributed by atoms with Gasteiger partial charge in [-0.05, 0) is 30.5 Å². The molecule has 8 nitrogen and oxygen atoms in total. The number of esters is 1. The Balaban J connectivity index is 1.47. The Morgan fingerprint density at radius 2 is 1.83 bits per heavy atom. The molecule has 1 fully saturated rings. The Bertz CT molecular complexity index is 1170. The molecule has 0 aliphatic carbocycles. The standard InChI is InChI=1S/C23H21F4N5O3/c1-34-19(33)9-18-28-10-14(11-29-18)12-35-22-20(24)21(30-13-31-22)32-8-2-3-17(32)15-4-6-16(7-5-15)23(25,26)27/h4-7,10-11,13,17H,2-3,8-9,12H2,1H3. The highest BCUT2D eigenvalue weighted by atomic mass is 19.4. The van der Waals surface area contributed by atoms with Crippen molar-refractivity contribution >= 4 is 11.8 Å². The third-order valence-electron chi connectivity index (χ3n) is 5.55. The van der Waals surface area contributed by atoms with Crippen molar-refractivity contribution in [1.82, 2.24) is 19.9 Å². The molecule has 0 N–H and O–H groups in total. The minimum Gasteiger partial charge on any atom is -0.470 e. The number of carbonyl (C=O) groups is 1. The van der Waals surface area contributed by atoms with Gasteiger partial charge >= 0.3 is 12.1 Å². The average molecular weight is 491 g/mol. The van der Waals surface area contributed by atoms with Crippen LogP contribution in [0.2, 0.25) is 0 Å². The number of rotatable bonds is 7. The maximum atomic E-state index is 15.3. The number of halogens is 4. The van der Waals surface area contributed by atoms with Crippen LogP contribution >= 0.6 is 0 Å². The van der Waals surface area contributed by atoms with E-state index in [1.54, 1.807) is 4.90 Å². The van der Waals surface area contributed by atoms with Crippen LogP contribution < -0.4 is 9.64 Å². The third-order valence-corrected chi connectivity index (χ3v) is 5.55. The van der Waals surface area contributed by atoms with Crippen molar-refractivity contribution in [2.45, 2.75) is 38.1 Å². The first-order valence-electron chi connectivity index (χ1n) is 10.7. The van der Waals surface area contributed by atoms with Gasteiger partial charge in [0, 0.05) is 24.5 Å². The molecule has 1 unspecified atom stereocenters. The highest BCUT2D eigenvalue weighted by molar-refractivity contribution is 5.71. The van der Waals surface area contributed by atoms with E-state index in [2.05, 4.69) is 24.7 Å². The lowest BCUT2D eigenvalue weighted by Crippen LogP contribution is -2.25. The molecule has 1 aliphatic heterocycles. The van der Waals surface area contributed by atoms with Crippen LogP contribution in [0, 0.1) is 5.82 Å². The van der Waals surface area contributed by atoms with E-state index in [0.29, 0.717) is 24.1 Å². The van der Waals surface area contributed by atoms with Crippen LogP contribution in [0.25, 0.3) is 0 Å². The number of ether oxygens (including phenoxy) is 2. The first-order chi connectivity index (χ1) is 16.8. The zero-order valence-corrected chi connectivity index (χ0v) is 18.6. The van der Waals surface area contributed by atoms with Crippen molar-refractivity contribution in [2.75, 3.05) is 18.6 Å². The lowest BCUT2D eigenvalue weighted by molar-refractivity contribution is -0.140. The molecule has 4 rings (SSSR count). The molecule has 35 heavy (non-hydrogen) atoms. The smallest absolute Gasteiger partial charge is 0.416 e. The number of anilines is 1. The van der Waals surface area contributed by atoms with Gasteiger partial charge in [0.25, 0.3) is 5.88 Å². The van der Waals surface area contributed by atoms with Crippen LogP contribution in [0.5, 0.6) is 5.88 Å². The van der Waals surface area contributed by atoms with Gasteiger partial charge in [-0.1, -0.05) is 12.1 Å². The van der Waals surface area contributed by atoms with Gasteiger partial charge in [0.2, 0.25) is 5.82 Å². The van der Waals surface area contributed by atoms with Crippen molar-refractivity contribution < 1.29 is 31.8 Å².